The van der Waals surface area contributed by atoms with Crippen molar-refractivity contribution in [2.75, 3.05) is 7.11 Å². The van der Waals surface area contributed by atoms with Crippen LogP contribution in [0, 0.1) is 38.5 Å². The number of carboxylic acid groups (broad SMARTS) is 1. The molecule has 0 amide bonds. The molecule has 0 saturated carbocycles. The van der Waals surface area contributed by atoms with E-state index in [4.69, 9.17) is 14.9 Å². The number of rotatable bonds is 22. The number of nitrogens with two attached hydrogens (primary N) is 1. The van der Waals surface area contributed by atoms with Gasteiger partial charge in [0.15, 0.2) is 8.32 Å². The number of aryl methyl sites for hydroxylation is 6. The molecule has 0 fully saturated rings. The third-order valence-electron chi connectivity index (χ3n) is 19.5. The first-order valence-corrected chi connectivity index (χ1v) is 34.1. The fourth-order valence-electron chi connectivity index (χ4n) is 12.1. The monoisotopic (exact) mass is 1160 g/mol. The van der Waals surface area contributed by atoms with Crippen LogP contribution < -0.4 is 5.73 Å². The number of aliphatic hydroxyl groups excluding tert-OH is 1. The number of ether oxygens (including phenoxy) is 1. The number of hydrogen-bond acceptors (Lipinski definition) is 6. The fraction of sp³-hybridized carbons (Fsp3) is 0.500. The first-order chi connectivity index (χ1) is 39.1. The van der Waals surface area contributed by atoms with Crippen molar-refractivity contribution in [1.29, 1.82) is 0 Å². The van der Waals surface area contributed by atoms with E-state index in [9.17, 15) is 19.8 Å². The topological polar surface area (TPSA) is 119 Å². The lowest BCUT2D eigenvalue weighted by Crippen LogP contribution is -2.47. The van der Waals surface area contributed by atoms with E-state index in [0.717, 1.165) is 73.6 Å². The molecule has 456 valence electrons. The zero-order valence-electron chi connectivity index (χ0n) is 55.6. The van der Waals surface area contributed by atoms with Crippen LogP contribution in [0.2, 0.25) is 18.1 Å². The maximum absolute atomic E-state index is 12.0. The van der Waals surface area contributed by atoms with Crippen LogP contribution in [0.3, 0.4) is 0 Å². The number of carboxylic acids is 1. The van der Waals surface area contributed by atoms with Crippen LogP contribution in [-0.2, 0) is 42.4 Å². The van der Waals surface area contributed by atoms with E-state index < -0.39 is 20.3 Å². The van der Waals surface area contributed by atoms with Crippen molar-refractivity contribution in [3.8, 4) is 22.3 Å². The van der Waals surface area contributed by atoms with Crippen molar-refractivity contribution in [2.24, 2.45) is 16.6 Å². The highest BCUT2D eigenvalue weighted by Crippen LogP contribution is 2.45. The Morgan fingerprint density at radius 3 is 1.23 bits per heavy atom. The van der Waals surface area contributed by atoms with Crippen LogP contribution >= 0.6 is 0 Å². The lowest BCUT2D eigenvalue weighted by molar-refractivity contribution is -0.142. The van der Waals surface area contributed by atoms with Gasteiger partial charge in [0.2, 0.25) is 0 Å². The SMILES string of the molecule is CCC(CC)(c1ccc(CCC(O)C(C)(C)C)c(C)c1)c1ccc(-c2ccc([C@H](N)C(=O)O)cc2)c(C)c1.CCC(CC)(c1ccc(CCC(O[Si](C)(C)C(C)(C)C)C(C)(C)C)c(C)c1)c1ccc(-c2ccc([C@H](C)C(=O)OC)cc2)c(C)c1. The molecule has 0 spiro atoms. The molecule has 6 aromatic carbocycles. The van der Waals surface area contributed by atoms with Gasteiger partial charge in [0.25, 0.3) is 0 Å². The Hall–Kier alpha value is -5.64. The summed E-state index contributed by atoms with van der Waals surface area (Å²) in [5.74, 6) is -1.51. The molecule has 6 rings (SSSR count). The predicted octanol–water partition coefficient (Wildman–Crippen LogP) is 19.2. The molecule has 7 nitrogen and oxygen atoms in total. The molecule has 2 unspecified atom stereocenters. The summed E-state index contributed by atoms with van der Waals surface area (Å²) in [6, 6.07) is 42.7. The quantitative estimate of drug-likeness (QED) is 0.0458. The summed E-state index contributed by atoms with van der Waals surface area (Å²) in [5.41, 5.74) is 25.0. The summed E-state index contributed by atoms with van der Waals surface area (Å²) in [6.45, 7) is 44.9. The summed E-state index contributed by atoms with van der Waals surface area (Å²) < 4.78 is 11.9. The van der Waals surface area contributed by atoms with Crippen LogP contribution in [-0.4, -0.2) is 49.8 Å². The minimum absolute atomic E-state index is 0.0498. The predicted molar refractivity (Wildman–Crippen MR) is 357 cm³/mol. The molecule has 4 N–H and O–H groups in total. The Morgan fingerprint density at radius 1 is 0.536 bits per heavy atom. The van der Waals surface area contributed by atoms with E-state index >= 15 is 0 Å². The van der Waals surface area contributed by atoms with Gasteiger partial charge in [-0.15, -0.1) is 0 Å². The third-order valence-corrected chi connectivity index (χ3v) is 23.9. The van der Waals surface area contributed by atoms with E-state index in [1.165, 1.54) is 68.3 Å². The Morgan fingerprint density at radius 2 is 0.905 bits per heavy atom. The molecule has 84 heavy (non-hydrogen) atoms. The summed E-state index contributed by atoms with van der Waals surface area (Å²) in [6.07, 6.45) is 7.66. The number of benzene rings is 6. The van der Waals surface area contributed by atoms with Crippen molar-refractivity contribution in [2.45, 2.75) is 229 Å². The minimum Gasteiger partial charge on any atom is -0.480 e. The molecule has 0 aliphatic heterocycles. The maximum Gasteiger partial charge on any atom is 0.325 e. The maximum atomic E-state index is 12.0. The number of esters is 1. The largest absolute Gasteiger partial charge is 0.480 e. The number of methoxy groups -OCH3 is 1. The summed E-state index contributed by atoms with van der Waals surface area (Å²) in [5, 5.41) is 19.9. The molecule has 4 atom stereocenters. The van der Waals surface area contributed by atoms with Crippen LogP contribution in [0.5, 0.6) is 0 Å². The summed E-state index contributed by atoms with van der Waals surface area (Å²) in [4.78, 5) is 23.2. The second-order valence-corrected chi connectivity index (χ2v) is 32.7. The highest BCUT2D eigenvalue weighted by Gasteiger charge is 2.42. The van der Waals surface area contributed by atoms with Crippen molar-refractivity contribution in [1.82, 2.24) is 0 Å². The van der Waals surface area contributed by atoms with Gasteiger partial charge in [0.1, 0.15) is 6.04 Å². The average Bonchev–Trinajstić information content (AvgIpc) is 1.45. The van der Waals surface area contributed by atoms with Gasteiger partial charge >= 0.3 is 11.9 Å². The molecule has 0 aliphatic carbocycles. The fourth-order valence-corrected chi connectivity index (χ4v) is 13.6. The van der Waals surface area contributed by atoms with Gasteiger partial charge in [0.05, 0.1) is 25.2 Å². The van der Waals surface area contributed by atoms with Gasteiger partial charge in [-0.05, 0) is 204 Å². The highest BCUT2D eigenvalue weighted by molar-refractivity contribution is 6.74. The van der Waals surface area contributed by atoms with Crippen LogP contribution in [0.15, 0.2) is 121 Å². The number of carbonyl (C=O) groups is 2. The number of hydrogen-bond donors (Lipinski definition) is 3. The second kappa shape index (κ2) is 28.2. The zero-order chi connectivity index (χ0) is 62.9. The summed E-state index contributed by atoms with van der Waals surface area (Å²) in [7, 11) is -0.431. The third kappa shape index (κ3) is 16.1. The van der Waals surface area contributed by atoms with E-state index in [1.54, 1.807) is 12.1 Å². The Bertz CT molecular complexity index is 3140. The van der Waals surface area contributed by atoms with E-state index in [1.807, 2.05) is 31.2 Å². The van der Waals surface area contributed by atoms with Crippen LogP contribution in [0.1, 0.15) is 214 Å². The molecular formula is C76H107NO6Si. The molecule has 8 heteroatoms. The van der Waals surface area contributed by atoms with Crippen molar-refractivity contribution in [3.05, 3.63) is 188 Å². The number of aliphatic carboxylic acids is 1. The Kier molecular flexibility index (Phi) is 23.2. The molecular weight excluding hydrogens is 1050 g/mol. The second-order valence-electron chi connectivity index (χ2n) is 27.9. The number of carbonyl (C=O) groups excluding carboxylic acids is 1. The van der Waals surface area contributed by atoms with Gasteiger partial charge < -0.3 is 25.1 Å². The molecule has 0 aliphatic rings. The average molecular weight is 1160 g/mol. The van der Waals surface area contributed by atoms with E-state index in [2.05, 4.69) is 216 Å². The van der Waals surface area contributed by atoms with Gasteiger partial charge in [0, 0.05) is 10.8 Å². The molecule has 0 radical (unpaired) electrons. The molecule has 6 aromatic rings. The van der Waals surface area contributed by atoms with Crippen molar-refractivity contribution >= 4 is 20.3 Å². The van der Waals surface area contributed by atoms with Gasteiger partial charge in [-0.1, -0.05) is 211 Å². The first kappa shape index (κ1) is 69.1. The molecule has 0 heterocycles. The minimum atomic E-state index is -1.87. The zero-order valence-corrected chi connectivity index (χ0v) is 56.6. The molecule has 0 saturated heterocycles. The molecule has 0 bridgehead atoms. The van der Waals surface area contributed by atoms with Crippen molar-refractivity contribution < 1.29 is 29.0 Å². The lowest BCUT2D eigenvalue weighted by atomic mass is 9.69. The highest BCUT2D eigenvalue weighted by atomic mass is 28.4. The van der Waals surface area contributed by atoms with Gasteiger partial charge in [-0.2, -0.15) is 0 Å². The van der Waals surface area contributed by atoms with Crippen LogP contribution in [0.25, 0.3) is 22.3 Å². The Labute approximate surface area is 509 Å². The van der Waals surface area contributed by atoms with Gasteiger partial charge in [-0.3, -0.25) is 9.59 Å². The van der Waals surface area contributed by atoms with Crippen LogP contribution in [0.4, 0.5) is 0 Å². The van der Waals surface area contributed by atoms with E-state index in [0.29, 0.717) is 5.56 Å². The first-order valence-electron chi connectivity index (χ1n) is 31.2. The summed E-state index contributed by atoms with van der Waals surface area (Å²) >= 11 is 0. The molecule has 0 aromatic heterocycles. The normalized spacial score (nSPS) is 14.0. The smallest absolute Gasteiger partial charge is 0.325 e. The lowest BCUT2D eigenvalue weighted by Gasteiger charge is -2.43. The van der Waals surface area contributed by atoms with Gasteiger partial charge in [-0.25, -0.2) is 0 Å². The Balaban J connectivity index is 0.000000313. The standard InChI is InChI=1S/C42H62O3Si.C34H45NO3/c1-15-42(16-2,36-24-25-37(30(4)28-36)34-19-17-33(18-20-34)31(5)39(43)44-12)35-23-21-32(29(3)27-35)22-26-38(40(6,7)8)45-46(13,14)41(9,10)11;1-8-34(9-2,27-16-14-24(22(3)20-27)15-19-30(36)33(5,6)7)28-17-18-29(23(4)21-28)25-10-12-26(13-11-25)31(35)32(37)38/h17-21,23-25,27-28,31,38H,15-16,22,26H2,1-14H3;10-14,16-18,20-21,30-31,36H,8-9,15,19,35H2,1-7H3,(H,37,38)/t31-,38?;30?,31-/m00/s1. The number of aliphatic hydroxyl groups is 1. The van der Waals surface area contributed by atoms with E-state index in [-0.39, 0.29) is 50.8 Å². The van der Waals surface area contributed by atoms with Crippen molar-refractivity contribution in [3.63, 3.8) is 0 Å².